The van der Waals surface area contributed by atoms with Gasteiger partial charge in [0.1, 0.15) is 6.54 Å². The predicted molar refractivity (Wildman–Crippen MR) is 84.8 cm³/mol. The average molecular weight is 311 g/mol. The number of anilines is 1. The number of allylic oxidation sites excluding steroid dienone is 1. The van der Waals surface area contributed by atoms with Crippen LogP contribution in [0.5, 0.6) is 0 Å². The lowest BCUT2D eigenvalue weighted by Crippen LogP contribution is -2.23. The highest BCUT2D eigenvalue weighted by Crippen LogP contribution is 2.16. The van der Waals surface area contributed by atoms with Gasteiger partial charge in [-0.15, -0.1) is 4.91 Å². The summed E-state index contributed by atoms with van der Waals surface area (Å²) in [5, 5.41) is 12.1. The molecular formula is C16H13N3O4. The molecule has 23 heavy (non-hydrogen) atoms. The van der Waals surface area contributed by atoms with Crippen molar-refractivity contribution in [2.75, 3.05) is 11.6 Å². The van der Waals surface area contributed by atoms with E-state index in [2.05, 4.69) is 10.3 Å². The molecule has 0 spiro atoms. The van der Waals surface area contributed by atoms with Crippen LogP contribution < -0.4 is 5.01 Å². The molecule has 7 heteroatoms. The summed E-state index contributed by atoms with van der Waals surface area (Å²) in [6, 6.07) is 9.50. The van der Waals surface area contributed by atoms with E-state index < -0.39 is 12.5 Å². The Kier molecular flexibility index (Phi) is 5.30. The Hall–Kier alpha value is -3.35. The number of nitroso groups, excluding NO2 is 1. The Morgan fingerprint density at radius 3 is 2.35 bits per heavy atom. The van der Waals surface area contributed by atoms with E-state index in [0.29, 0.717) is 11.3 Å². The van der Waals surface area contributed by atoms with E-state index in [0.717, 1.165) is 10.6 Å². The van der Waals surface area contributed by atoms with Crippen molar-refractivity contribution in [2.24, 2.45) is 5.29 Å². The normalized spacial score (nSPS) is 10.4. The largest absolute Gasteiger partial charge is 0.480 e. The van der Waals surface area contributed by atoms with Crippen LogP contribution in [0.4, 0.5) is 5.69 Å². The van der Waals surface area contributed by atoms with Crippen LogP contribution in [0.1, 0.15) is 15.9 Å². The van der Waals surface area contributed by atoms with Crippen LogP contribution in [0.2, 0.25) is 0 Å². The van der Waals surface area contributed by atoms with Gasteiger partial charge in [0.25, 0.3) is 0 Å². The zero-order valence-electron chi connectivity index (χ0n) is 12.0. The van der Waals surface area contributed by atoms with Gasteiger partial charge in [-0.2, -0.15) is 0 Å². The Labute approximate surface area is 131 Å². The van der Waals surface area contributed by atoms with Gasteiger partial charge in [0, 0.05) is 18.0 Å². The second-order valence-electron chi connectivity index (χ2n) is 4.56. The number of hydrogen-bond donors (Lipinski definition) is 1. The molecule has 7 nitrogen and oxygen atoms in total. The molecular weight excluding hydrogens is 298 g/mol. The maximum atomic E-state index is 12.1. The van der Waals surface area contributed by atoms with Gasteiger partial charge in [0.05, 0.1) is 11.0 Å². The molecule has 116 valence electrons. The van der Waals surface area contributed by atoms with Crippen LogP contribution in [0, 0.1) is 4.91 Å². The summed E-state index contributed by atoms with van der Waals surface area (Å²) in [5.74, 6) is -1.39. The number of pyridine rings is 1. The van der Waals surface area contributed by atoms with Gasteiger partial charge in [-0.1, -0.05) is 6.08 Å². The van der Waals surface area contributed by atoms with E-state index in [1.54, 1.807) is 30.6 Å². The first-order valence-corrected chi connectivity index (χ1v) is 6.65. The minimum atomic E-state index is -1.18. The molecule has 2 rings (SSSR count). The first-order valence-electron chi connectivity index (χ1n) is 6.65. The van der Waals surface area contributed by atoms with E-state index >= 15 is 0 Å². The standard InChI is InChI=1S/C16H13N3O4/c20-15(6-1-12-7-9-17-10-8-12)13-2-4-14(5-3-13)19(18-23)11-16(21)22/h1-10H,11H2,(H,21,22)/b6-1+. The molecule has 0 aliphatic rings. The van der Waals surface area contributed by atoms with Gasteiger partial charge in [0.2, 0.25) is 0 Å². The number of carbonyl (C=O) groups is 2. The highest BCUT2D eigenvalue weighted by Gasteiger charge is 2.11. The van der Waals surface area contributed by atoms with E-state index in [-0.39, 0.29) is 5.78 Å². The number of rotatable bonds is 7. The molecule has 0 bridgehead atoms. The number of carboxylic acids is 1. The molecule has 0 amide bonds. The lowest BCUT2D eigenvalue weighted by atomic mass is 10.1. The monoisotopic (exact) mass is 311 g/mol. The van der Waals surface area contributed by atoms with Crippen molar-refractivity contribution in [1.82, 2.24) is 4.98 Å². The zero-order valence-corrected chi connectivity index (χ0v) is 12.0. The lowest BCUT2D eigenvalue weighted by Gasteiger charge is -2.12. The molecule has 1 aromatic heterocycles. The summed E-state index contributed by atoms with van der Waals surface area (Å²) in [7, 11) is 0. The van der Waals surface area contributed by atoms with Crippen molar-refractivity contribution >= 4 is 23.5 Å². The zero-order chi connectivity index (χ0) is 16.7. The topological polar surface area (TPSA) is 99.9 Å². The number of ketones is 1. The Morgan fingerprint density at radius 1 is 1.13 bits per heavy atom. The molecule has 0 saturated carbocycles. The third-order valence-corrected chi connectivity index (χ3v) is 2.97. The van der Waals surface area contributed by atoms with E-state index in [4.69, 9.17) is 5.11 Å². The van der Waals surface area contributed by atoms with Crippen molar-refractivity contribution in [1.29, 1.82) is 0 Å². The van der Waals surface area contributed by atoms with Gasteiger partial charge in [0.15, 0.2) is 5.78 Å². The maximum absolute atomic E-state index is 12.1. The van der Waals surface area contributed by atoms with E-state index in [1.165, 1.54) is 30.3 Å². The molecule has 0 atom stereocenters. The second kappa shape index (κ2) is 7.60. The number of hydrogen-bond acceptors (Lipinski definition) is 5. The number of benzene rings is 1. The SMILES string of the molecule is O=NN(CC(=O)O)c1ccc(C(=O)/C=C/c2ccncc2)cc1. The fraction of sp³-hybridized carbons (Fsp3) is 0.0625. The number of carbonyl (C=O) groups excluding carboxylic acids is 1. The fourth-order valence-electron chi connectivity index (χ4n) is 1.84. The first kappa shape index (κ1) is 16.0. The highest BCUT2D eigenvalue weighted by molar-refractivity contribution is 6.07. The molecule has 0 aliphatic heterocycles. The van der Waals surface area contributed by atoms with Gasteiger partial charge in [-0.05, 0) is 48.0 Å². The first-order chi connectivity index (χ1) is 11.1. The predicted octanol–water partition coefficient (Wildman–Crippen LogP) is 2.55. The third kappa shape index (κ3) is 4.57. The number of carboxylic acid groups (broad SMARTS) is 1. The Bertz CT molecular complexity index is 727. The summed E-state index contributed by atoms with van der Waals surface area (Å²) >= 11 is 0. The minimum Gasteiger partial charge on any atom is -0.480 e. The van der Waals surface area contributed by atoms with Crippen molar-refractivity contribution in [2.45, 2.75) is 0 Å². The molecule has 1 aromatic carbocycles. The molecule has 2 aromatic rings. The van der Waals surface area contributed by atoms with Crippen LogP contribution >= 0.6 is 0 Å². The lowest BCUT2D eigenvalue weighted by molar-refractivity contribution is -0.135. The van der Waals surface area contributed by atoms with E-state index in [9.17, 15) is 14.5 Å². The van der Waals surface area contributed by atoms with Crippen LogP contribution in [0.15, 0.2) is 60.2 Å². The minimum absolute atomic E-state index is 0.211. The molecule has 0 fully saturated rings. The van der Waals surface area contributed by atoms with Crippen LogP contribution in [0.3, 0.4) is 0 Å². The van der Waals surface area contributed by atoms with Gasteiger partial charge >= 0.3 is 5.97 Å². The third-order valence-electron chi connectivity index (χ3n) is 2.97. The van der Waals surface area contributed by atoms with Crippen molar-refractivity contribution < 1.29 is 14.7 Å². The van der Waals surface area contributed by atoms with Crippen LogP contribution in [-0.4, -0.2) is 28.4 Å². The molecule has 0 unspecified atom stereocenters. The summed E-state index contributed by atoms with van der Waals surface area (Å²) in [6.45, 7) is -0.543. The van der Waals surface area contributed by atoms with Gasteiger partial charge in [-0.3, -0.25) is 14.6 Å². The molecule has 0 radical (unpaired) electrons. The summed E-state index contributed by atoms with van der Waals surface area (Å²) < 4.78 is 0. The quantitative estimate of drug-likeness (QED) is 0.365. The Morgan fingerprint density at radius 2 is 1.78 bits per heavy atom. The van der Waals surface area contributed by atoms with Gasteiger partial charge < -0.3 is 5.11 Å². The second-order valence-corrected chi connectivity index (χ2v) is 4.56. The van der Waals surface area contributed by atoms with Crippen molar-refractivity contribution in [3.05, 3.63) is 70.9 Å². The molecule has 1 heterocycles. The van der Waals surface area contributed by atoms with Crippen molar-refractivity contribution in [3.8, 4) is 0 Å². The number of aromatic nitrogens is 1. The van der Waals surface area contributed by atoms with Crippen LogP contribution in [0.25, 0.3) is 6.08 Å². The maximum Gasteiger partial charge on any atom is 0.325 e. The van der Waals surface area contributed by atoms with Crippen molar-refractivity contribution in [3.63, 3.8) is 0 Å². The summed E-state index contributed by atoms with van der Waals surface area (Å²) in [5.41, 5.74) is 1.57. The summed E-state index contributed by atoms with van der Waals surface area (Å²) in [4.78, 5) is 37.2. The highest BCUT2D eigenvalue weighted by atomic mass is 16.4. The molecule has 0 saturated heterocycles. The average Bonchev–Trinajstić information content (AvgIpc) is 2.58. The fourth-order valence-corrected chi connectivity index (χ4v) is 1.84. The number of aliphatic carboxylic acids is 1. The Balaban J connectivity index is 2.09. The number of nitrogens with zero attached hydrogens (tertiary/aromatic N) is 3. The molecule has 1 N–H and O–H groups in total. The van der Waals surface area contributed by atoms with E-state index in [1.807, 2.05) is 0 Å². The van der Waals surface area contributed by atoms with Crippen LogP contribution in [-0.2, 0) is 4.79 Å². The summed E-state index contributed by atoms with van der Waals surface area (Å²) in [6.07, 6.45) is 6.35. The smallest absolute Gasteiger partial charge is 0.325 e. The van der Waals surface area contributed by atoms with Gasteiger partial charge in [-0.25, -0.2) is 5.01 Å². The molecule has 0 aliphatic carbocycles.